The molecule has 0 saturated carbocycles. The number of rotatable bonds is 6. The van der Waals surface area contributed by atoms with Crippen molar-refractivity contribution in [1.29, 1.82) is 0 Å². The van der Waals surface area contributed by atoms with Gasteiger partial charge in [-0.15, -0.1) is 0 Å². The zero-order chi connectivity index (χ0) is 18.9. The predicted octanol–water partition coefficient (Wildman–Crippen LogP) is 3.00. The fourth-order valence-corrected chi connectivity index (χ4v) is 3.29. The second-order valence-electron chi connectivity index (χ2n) is 8.10. The normalized spacial score (nSPS) is 25.3. The topological polar surface area (TPSA) is 55.5 Å². The summed E-state index contributed by atoms with van der Waals surface area (Å²) in [5, 5.41) is 3.64. The first-order valence-electron chi connectivity index (χ1n) is 9.51. The Kier molecular flexibility index (Phi) is 5.38. The lowest BCUT2D eigenvalue weighted by molar-refractivity contribution is 0.00578. The SMILES string of the molecule is C=C/C(CC)=C(/NC1CCOC1)c1cc(B2OC(C)(C)C(C)(C)O2)c[nH]1. The summed E-state index contributed by atoms with van der Waals surface area (Å²) in [7, 11) is -0.366. The van der Waals surface area contributed by atoms with Crippen LogP contribution in [0.2, 0.25) is 0 Å². The predicted molar refractivity (Wildman–Crippen MR) is 106 cm³/mol. The van der Waals surface area contributed by atoms with Gasteiger partial charge in [-0.25, -0.2) is 0 Å². The van der Waals surface area contributed by atoms with Gasteiger partial charge in [0.1, 0.15) is 0 Å². The second-order valence-corrected chi connectivity index (χ2v) is 8.10. The Hall–Kier alpha value is -1.50. The van der Waals surface area contributed by atoms with E-state index in [1.807, 2.05) is 12.3 Å². The fourth-order valence-electron chi connectivity index (χ4n) is 3.29. The Labute approximate surface area is 157 Å². The first-order valence-corrected chi connectivity index (χ1v) is 9.51. The number of hydrogen-bond donors (Lipinski definition) is 2. The molecule has 5 nitrogen and oxygen atoms in total. The molecule has 6 heteroatoms. The largest absolute Gasteiger partial charge is 0.496 e. The zero-order valence-corrected chi connectivity index (χ0v) is 16.6. The van der Waals surface area contributed by atoms with Crippen LogP contribution in [0.15, 0.2) is 30.5 Å². The van der Waals surface area contributed by atoms with E-state index in [0.29, 0.717) is 6.04 Å². The van der Waals surface area contributed by atoms with E-state index in [1.54, 1.807) is 0 Å². The summed E-state index contributed by atoms with van der Waals surface area (Å²) in [6, 6.07) is 2.44. The lowest BCUT2D eigenvalue weighted by Crippen LogP contribution is -2.41. The van der Waals surface area contributed by atoms with Gasteiger partial charge in [0.05, 0.1) is 35.2 Å². The molecular formula is C20H31BN2O3. The molecule has 26 heavy (non-hydrogen) atoms. The van der Waals surface area contributed by atoms with Crippen LogP contribution in [-0.2, 0) is 14.0 Å². The summed E-state index contributed by atoms with van der Waals surface area (Å²) >= 11 is 0. The Morgan fingerprint density at radius 3 is 2.58 bits per heavy atom. The maximum atomic E-state index is 6.17. The first kappa shape index (κ1) is 19.3. The monoisotopic (exact) mass is 358 g/mol. The summed E-state index contributed by atoms with van der Waals surface area (Å²) in [4.78, 5) is 3.39. The van der Waals surface area contributed by atoms with E-state index in [9.17, 15) is 0 Å². The van der Waals surface area contributed by atoms with E-state index in [2.05, 4.69) is 57.6 Å². The summed E-state index contributed by atoms with van der Waals surface area (Å²) < 4.78 is 17.9. The van der Waals surface area contributed by atoms with Gasteiger partial charge in [-0.05, 0) is 52.2 Å². The lowest BCUT2D eigenvalue weighted by Gasteiger charge is -2.32. The molecule has 2 aliphatic heterocycles. The van der Waals surface area contributed by atoms with Gasteiger partial charge in [-0.2, -0.15) is 0 Å². The molecule has 0 amide bonds. The molecule has 1 atom stereocenters. The minimum atomic E-state index is -0.366. The Morgan fingerprint density at radius 2 is 2.04 bits per heavy atom. The number of H-pyrrole nitrogens is 1. The van der Waals surface area contributed by atoms with Crippen molar-refractivity contribution in [3.05, 3.63) is 36.2 Å². The van der Waals surface area contributed by atoms with Crippen molar-refractivity contribution in [1.82, 2.24) is 10.3 Å². The van der Waals surface area contributed by atoms with Crippen molar-refractivity contribution in [3.8, 4) is 0 Å². The average molecular weight is 358 g/mol. The van der Waals surface area contributed by atoms with Gasteiger partial charge in [-0.3, -0.25) is 0 Å². The second kappa shape index (κ2) is 7.26. The highest BCUT2D eigenvalue weighted by Crippen LogP contribution is 2.36. The van der Waals surface area contributed by atoms with Gasteiger partial charge in [0.25, 0.3) is 0 Å². The molecule has 2 saturated heterocycles. The molecule has 2 aliphatic rings. The Balaban J connectivity index is 1.86. The number of allylic oxidation sites excluding steroid dienone is 2. The maximum absolute atomic E-state index is 6.17. The van der Waals surface area contributed by atoms with E-state index in [-0.39, 0.29) is 18.3 Å². The summed E-state index contributed by atoms with van der Waals surface area (Å²) in [5.74, 6) is 0. The molecule has 142 valence electrons. The molecule has 0 radical (unpaired) electrons. The van der Waals surface area contributed by atoms with Crippen LogP contribution in [0, 0.1) is 0 Å². The molecule has 2 fully saturated rings. The molecule has 1 aromatic heterocycles. The van der Waals surface area contributed by atoms with Gasteiger partial charge in [0.15, 0.2) is 0 Å². The molecule has 0 aromatic carbocycles. The van der Waals surface area contributed by atoms with E-state index in [1.165, 1.54) is 5.57 Å². The third-order valence-electron chi connectivity index (χ3n) is 5.73. The molecule has 3 rings (SSSR count). The highest BCUT2D eigenvalue weighted by molar-refractivity contribution is 6.62. The van der Waals surface area contributed by atoms with Crippen LogP contribution >= 0.6 is 0 Å². The van der Waals surface area contributed by atoms with Crippen LogP contribution in [-0.4, -0.2) is 42.6 Å². The molecule has 1 unspecified atom stereocenters. The summed E-state index contributed by atoms with van der Waals surface area (Å²) in [6.07, 6.45) is 5.82. The molecule has 2 N–H and O–H groups in total. The molecule has 0 spiro atoms. The molecule has 3 heterocycles. The Morgan fingerprint density at radius 1 is 1.35 bits per heavy atom. The van der Waals surface area contributed by atoms with Gasteiger partial charge in [0, 0.05) is 18.3 Å². The van der Waals surface area contributed by atoms with Gasteiger partial charge in [-0.1, -0.05) is 19.6 Å². The van der Waals surface area contributed by atoms with Crippen LogP contribution in [0.4, 0.5) is 0 Å². The summed E-state index contributed by atoms with van der Waals surface area (Å²) in [5.41, 5.74) is 3.60. The average Bonchev–Trinajstić information content (AvgIpc) is 3.28. The summed E-state index contributed by atoms with van der Waals surface area (Å²) in [6.45, 7) is 16.0. The van der Waals surface area contributed by atoms with E-state index in [0.717, 1.165) is 42.9 Å². The van der Waals surface area contributed by atoms with Crippen molar-refractivity contribution in [2.75, 3.05) is 13.2 Å². The minimum absolute atomic E-state index is 0.329. The standard InChI is InChI=1S/C20H31BN2O3/c1-7-14(8-2)18(23-16-9-10-24-13-16)17-11-15(12-22-17)21-25-19(3,4)20(5,6)26-21/h7,11-12,16,22-23H,1,8-10,13H2,2-6H3/b18-14-. The van der Waals surface area contributed by atoms with Crippen molar-refractivity contribution in [3.63, 3.8) is 0 Å². The number of aromatic nitrogens is 1. The number of aromatic amines is 1. The van der Waals surface area contributed by atoms with Crippen LogP contribution in [0.3, 0.4) is 0 Å². The van der Waals surface area contributed by atoms with Crippen LogP contribution in [0.25, 0.3) is 5.70 Å². The third-order valence-corrected chi connectivity index (χ3v) is 5.73. The van der Waals surface area contributed by atoms with E-state index < -0.39 is 0 Å². The van der Waals surface area contributed by atoms with Gasteiger partial charge in [0.2, 0.25) is 0 Å². The third kappa shape index (κ3) is 3.64. The molecular weight excluding hydrogens is 327 g/mol. The van der Waals surface area contributed by atoms with Gasteiger partial charge >= 0.3 is 7.12 Å². The quantitative estimate of drug-likeness (QED) is 0.606. The van der Waals surface area contributed by atoms with Gasteiger partial charge < -0.3 is 24.3 Å². The fraction of sp³-hybridized carbons (Fsp3) is 0.600. The van der Waals surface area contributed by atoms with Crippen molar-refractivity contribution in [2.24, 2.45) is 0 Å². The van der Waals surface area contributed by atoms with Crippen LogP contribution in [0.5, 0.6) is 0 Å². The lowest BCUT2D eigenvalue weighted by atomic mass is 9.81. The molecule has 0 bridgehead atoms. The van der Waals surface area contributed by atoms with E-state index in [4.69, 9.17) is 14.0 Å². The van der Waals surface area contributed by atoms with Crippen molar-refractivity contribution < 1.29 is 14.0 Å². The van der Waals surface area contributed by atoms with Crippen molar-refractivity contribution in [2.45, 2.75) is 64.7 Å². The number of nitrogens with one attached hydrogen (secondary N) is 2. The molecule has 0 aliphatic carbocycles. The van der Waals surface area contributed by atoms with Crippen LogP contribution < -0.4 is 10.8 Å². The minimum Gasteiger partial charge on any atom is -0.399 e. The Bertz CT molecular complexity index is 671. The van der Waals surface area contributed by atoms with Crippen LogP contribution in [0.1, 0.15) is 53.2 Å². The highest BCUT2D eigenvalue weighted by Gasteiger charge is 2.52. The number of ether oxygens (including phenoxy) is 1. The zero-order valence-electron chi connectivity index (χ0n) is 16.6. The maximum Gasteiger partial charge on any atom is 0.496 e. The highest BCUT2D eigenvalue weighted by atomic mass is 16.7. The smallest absolute Gasteiger partial charge is 0.399 e. The molecule has 1 aromatic rings. The number of hydrogen-bond acceptors (Lipinski definition) is 4. The first-order chi connectivity index (χ1) is 12.3. The van der Waals surface area contributed by atoms with Crippen molar-refractivity contribution >= 4 is 18.3 Å². The van der Waals surface area contributed by atoms with E-state index >= 15 is 0 Å².